The fourth-order valence-corrected chi connectivity index (χ4v) is 1.04. The first-order chi connectivity index (χ1) is 7.31. The van der Waals surface area contributed by atoms with E-state index in [0.717, 1.165) is 0 Å². The molecule has 0 radical (unpaired) electrons. The van der Waals surface area contributed by atoms with Crippen molar-refractivity contribution in [3.63, 3.8) is 0 Å². The van der Waals surface area contributed by atoms with E-state index < -0.39 is 0 Å². The molecule has 0 unspecified atom stereocenters. The number of benzene rings is 1. The zero-order valence-corrected chi connectivity index (χ0v) is 7.94. The maximum atomic E-state index is 9.01. The van der Waals surface area contributed by atoms with E-state index in [9.17, 15) is 0 Å². The second-order valence-corrected chi connectivity index (χ2v) is 2.74. The fraction of sp³-hybridized carbons (Fsp3) is 0.0909. The van der Waals surface area contributed by atoms with E-state index in [-0.39, 0.29) is 12.2 Å². The van der Waals surface area contributed by atoms with E-state index in [2.05, 4.69) is 5.32 Å². The summed E-state index contributed by atoms with van der Waals surface area (Å²) in [6.07, 6.45) is 1.31. The zero-order chi connectivity index (χ0) is 11.1. The highest BCUT2D eigenvalue weighted by atomic mass is 16.3. The molecule has 1 aromatic carbocycles. The van der Waals surface area contributed by atoms with Crippen LogP contribution < -0.4 is 5.32 Å². The minimum absolute atomic E-state index is 0.0113. The van der Waals surface area contributed by atoms with Crippen LogP contribution in [0.4, 0.5) is 5.69 Å². The Hall–Kier alpha value is -2.30. The second kappa shape index (κ2) is 5.43. The Bertz CT molecular complexity index is 436. The van der Waals surface area contributed by atoms with Gasteiger partial charge < -0.3 is 10.4 Å². The highest BCUT2D eigenvalue weighted by Crippen LogP contribution is 2.14. The van der Waals surface area contributed by atoms with Gasteiger partial charge in [-0.15, -0.1) is 0 Å². The summed E-state index contributed by atoms with van der Waals surface area (Å²) in [7, 11) is 0. The molecule has 0 heterocycles. The fourth-order valence-electron chi connectivity index (χ4n) is 1.04. The molecule has 0 bridgehead atoms. The number of para-hydroxylation sites is 1. The van der Waals surface area contributed by atoms with Gasteiger partial charge in [-0.25, -0.2) is 0 Å². The molecule has 0 saturated heterocycles. The highest BCUT2D eigenvalue weighted by molar-refractivity contribution is 5.54. The summed E-state index contributed by atoms with van der Waals surface area (Å²) in [6.45, 7) is -0.0918. The first kappa shape index (κ1) is 10.8. The lowest BCUT2D eigenvalue weighted by Gasteiger charge is -2.05. The third-order valence-electron chi connectivity index (χ3n) is 1.80. The van der Waals surface area contributed by atoms with Crippen LogP contribution in [-0.2, 0) is 6.61 Å². The summed E-state index contributed by atoms with van der Waals surface area (Å²) >= 11 is 0. The van der Waals surface area contributed by atoms with Crippen molar-refractivity contribution in [2.24, 2.45) is 0 Å². The molecule has 0 aliphatic heterocycles. The summed E-state index contributed by atoms with van der Waals surface area (Å²) in [6, 6.07) is 10.6. The number of anilines is 1. The first-order valence-corrected chi connectivity index (χ1v) is 4.27. The Labute approximate surface area is 87.7 Å². The number of rotatable bonds is 3. The second-order valence-electron chi connectivity index (χ2n) is 2.74. The Morgan fingerprint density at radius 1 is 1.33 bits per heavy atom. The molecule has 1 aromatic rings. The molecule has 2 N–H and O–H groups in total. The van der Waals surface area contributed by atoms with Crippen LogP contribution in [0, 0.1) is 22.7 Å². The molecule has 0 saturated carbocycles. The van der Waals surface area contributed by atoms with Gasteiger partial charge in [-0.2, -0.15) is 10.5 Å². The van der Waals surface area contributed by atoms with E-state index in [0.29, 0.717) is 11.3 Å². The van der Waals surface area contributed by atoms with Gasteiger partial charge in [-0.1, -0.05) is 18.2 Å². The van der Waals surface area contributed by atoms with E-state index in [1.807, 2.05) is 0 Å². The van der Waals surface area contributed by atoms with Gasteiger partial charge in [-0.05, 0) is 6.07 Å². The molecule has 0 aliphatic rings. The van der Waals surface area contributed by atoms with E-state index >= 15 is 0 Å². The van der Waals surface area contributed by atoms with Crippen molar-refractivity contribution in [3.8, 4) is 12.1 Å². The van der Waals surface area contributed by atoms with Crippen molar-refractivity contribution in [2.75, 3.05) is 5.32 Å². The van der Waals surface area contributed by atoms with Crippen molar-refractivity contribution in [1.82, 2.24) is 0 Å². The molecule has 0 aromatic heterocycles. The minimum Gasteiger partial charge on any atom is -0.392 e. The number of nitrogens with one attached hydrogen (secondary N) is 1. The third-order valence-corrected chi connectivity index (χ3v) is 1.80. The van der Waals surface area contributed by atoms with Crippen LogP contribution in [0.15, 0.2) is 36.0 Å². The average Bonchev–Trinajstić information content (AvgIpc) is 2.31. The van der Waals surface area contributed by atoms with E-state index in [1.54, 1.807) is 36.4 Å². The zero-order valence-electron chi connectivity index (χ0n) is 7.94. The molecule has 1 rings (SSSR count). The van der Waals surface area contributed by atoms with Crippen LogP contribution in [0.3, 0.4) is 0 Å². The summed E-state index contributed by atoms with van der Waals surface area (Å²) in [5.41, 5.74) is 1.38. The summed E-state index contributed by atoms with van der Waals surface area (Å²) in [4.78, 5) is 0. The van der Waals surface area contributed by atoms with Gasteiger partial charge >= 0.3 is 0 Å². The number of allylic oxidation sites excluding steroid dienone is 1. The Kier molecular flexibility index (Phi) is 3.91. The number of aliphatic hydroxyl groups is 1. The van der Waals surface area contributed by atoms with Gasteiger partial charge in [-0.3, -0.25) is 0 Å². The third kappa shape index (κ3) is 2.84. The summed E-state index contributed by atoms with van der Waals surface area (Å²) < 4.78 is 0. The standard InChI is InChI=1S/C11H9N3O/c12-5-9(6-13)7-14-11-4-2-1-3-10(11)8-15/h1-4,7,14-15H,8H2. The number of aliphatic hydroxyl groups excluding tert-OH is 1. The maximum Gasteiger partial charge on any atom is 0.145 e. The summed E-state index contributed by atoms with van der Waals surface area (Å²) in [5.74, 6) is 0. The molecular weight excluding hydrogens is 190 g/mol. The van der Waals surface area contributed by atoms with Crippen LogP contribution in [0.25, 0.3) is 0 Å². The predicted molar refractivity (Wildman–Crippen MR) is 55.3 cm³/mol. The highest BCUT2D eigenvalue weighted by Gasteiger charge is 1.98. The topological polar surface area (TPSA) is 79.8 Å². The Balaban J connectivity index is 2.87. The van der Waals surface area contributed by atoms with Gasteiger partial charge in [0.2, 0.25) is 0 Å². The van der Waals surface area contributed by atoms with Crippen molar-refractivity contribution in [1.29, 1.82) is 10.5 Å². The quantitative estimate of drug-likeness (QED) is 0.723. The van der Waals surface area contributed by atoms with Gasteiger partial charge in [0, 0.05) is 17.5 Å². The number of nitriles is 2. The van der Waals surface area contributed by atoms with Crippen LogP contribution in [0.2, 0.25) is 0 Å². The van der Waals surface area contributed by atoms with Crippen LogP contribution in [-0.4, -0.2) is 5.11 Å². The SMILES string of the molecule is N#CC(C#N)=CNc1ccccc1CO. The number of nitrogens with zero attached hydrogens (tertiary/aromatic N) is 2. The molecular formula is C11H9N3O. The van der Waals surface area contributed by atoms with E-state index in [1.165, 1.54) is 6.20 Å². The molecule has 0 aliphatic carbocycles. The van der Waals surface area contributed by atoms with Crippen LogP contribution in [0.5, 0.6) is 0 Å². The molecule has 0 fully saturated rings. The Morgan fingerprint density at radius 3 is 2.60 bits per heavy atom. The monoisotopic (exact) mass is 199 g/mol. The molecule has 0 amide bonds. The normalized spacial score (nSPS) is 8.47. The van der Waals surface area contributed by atoms with Gasteiger partial charge in [0.15, 0.2) is 0 Å². The summed E-state index contributed by atoms with van der Waals surface area (Å²) in [5, 5.41) is 28.8. The molecule has 15 heavy (non-hydrogen) atoms. The lowest BCUT2D eigenvalue weighted by Crippen LogP contribution is -1.95. The van der Waals surface area contributed by atoms with Gasteiger partial charge in [0.25, 0.3) is 0 Å². The van der Waals surface area contributed by atoms with E-state index in [4.69, 9.17) is 15.6 Å². The number of hydrogen-bond acceptors (Lipinski definition) is 4. The lowest BCUT2D eigenvalue weighted by molar-refractivity contribution is 0.282. The Morgan fingerprint density at radius 2 is 2.00 bits per heavy atom. The van der Waals surface area contributed by atoms with Crippen LogP contribution in [0.1, 0.15) is 5.56 Å². The minimum atomic E-state index is -0.0918. The van der Waals surface area contributed by atoms with Crippen molar-refractivity contribution in [3.05, 3.63) is 41.6 Å². The lowest BCUT2D eigenvalue weighted by atomic mass is 10.2. The predicted octanol–water partition coefficient (Wildman–Crippen LogP) is 1.52. The van der Waals surface area contributed by atoms with Crippen molar-refractivity contribution in [2.45, 2.75) is 6.61 Å². The maximum absolute atomic E-state index is 9.01. The molecule has 4 nitrogen and oxygen atoms in total. The van der Waals surface area contributed by atoms with Crippen molar-refractivity contribution >= 4 is 5.69 Å². The smallest absolute Gasteiger partial charge is 0.145 e. The van der Waals surface area contributed by atoms with Crippen molar-refractivity contribution < 1.29 is 5.11 Å². The average molecular weight is 199 g/mol. The van der Waals surface area contributed by atoms with Gasteiger partial charge in [0.05, 0.1) is 6.61 Å². The van der Waals surface area contributed by atoms with Crippen LogP contribution >= 0.6 is 0 Å². The molecule has 4 heteroatoms. The molecule has 0 spiro atoms. The largest absolute Gasteiger partial charge is 0.392 e. The first-order valence-electron chi connectivity index (χ1n) is 4.27. The number of hydrogen-bond donors (Lipinski definition) is 2. The molecule has 0 atom stereocenters. The molecule has 74 valence electrons. The van der Waals surface area contributed by atoms with Gasteiger partial charge in [0.1, 0.15) is 17.7 Å².